The second-order valence-electron chi connectivity index (χ2n) is 6.35. The van der Waals surface area contributed by atoms with E-state index in [4.69, 9.17) is 16.3 Å². The lowest BCUT2D eigenvalue weighted by Crippen LogP contribution is -2.49. The summed E-state index contributed by atoms with van der Waals surface area (Å²) in [5, 5.41) is 7.39. The van der Waals surface area contributed by atoms with Gasteiger partial charge in [-0.2, -0.15) is 5.10 Å². The zero-order valence-corrected chi connectivity index (χ0v) is 16.9. The van der Waals surface area contributed by atoms with Crippen LogP contribution < -0.4 is 15.5 Å². The lowest BCUT2D eigenvalue weighted by molar-refractivity contribution is -0.124. The first-order chi connectivity index (χ1) is 13.4. The van der Waals surface area contributed by atoms with Gasteiger partial charge < -0.3 is 10.1 Å². The predicted molar refractivity (Wildman–Crippen MR) is 111 cm³/mol. The number of rotatable bonds is 8. The SMILES string of the molecule is CCC(C)[C@H](NC(=O)c1ccc(OC)cc1)C(=O)N/N=C/c1ccc(Cl)cc1. The Morgan fingerprint density at radius 1 is 1.14 bits per heavy atom. The minimum atomic E-state index is -0.707. The molecule has 0 heterocycles. The van der Waals surface area contributed by atoms with Crippen molar-refractivity contribution in [1.82, 2.24) is 10.7 Å². The maximum atomic E-state index is 12.6. The fraction of sp³-hybridized carbons (Fsp3) is 0.286. The van der Waals surface area contributed by atoms with Crippen LogP contribution >= 0.6 is 11.6 Å². The fourth-order valence-corrected chi connectivity index (χ4v) is 2.58. The van der Waals surface area contributed by atoms with Gasteiger partial charge >= 0.3 is 0 Å². The average molecular weight is 402 g/mol. The molecule has 6 nitrogen and oxygen atoms in total. The molecule has 2 amide bonds. The van der Waals surface area contributed by atoms with E-state index in [1.54, 1.807) is 55.6 Å². The molecule has 2 rings (SSSR count). The Morgan fingerprint density at radius 3 is 2.36 bits per heavy atom. The van der Waals surface area contributed by atoms with Crippen molar-refractivity contribution in [2.75, 3.05) is 7.11 Å². The summed E-state index contributed by atoms with van der Waals surface area (Å²) in [6.07, 6.45) is 2.25. The van der Waals surface area contributed by atoms with Crippen molar-refractivity contribution in [3.8, 4) is 5.75 Å². The summed E-state index contributed by atoms with van der Waals surface area (Å²) in [6, 6.07) is 13.0. The molecule has 0 saturated heterocycles. The lowest BCUT2D eigenvalue weighted by atomic mass is 9.98. The number of carbonyl (C=O) groups is 2. The quantitative estimate of drug-likeness (QED) is 0.523. The summed E-state index contributed by atoms with van der Waals surface area (Å²) in [5.41, 5.74) is 3.75. The van der Waals surface area contributed by atoms with E-state index in [-0.39, 0.29) is 17.7 Å². The third kappa shape index (κ3) is 6.09. The average Bonchev–Trinajstić information content (AvgIpc) is 2.72. The van der Waals surface area contributed by atoms with E-state index in [1.807, 2.05) is 13.8 Å². The van der Waals surface area contributed by atoms with Gasteiger partial charge in [0.05, 0.1) is 13.3 Å². The summed E-state index contributed by atoms with van der Waals surface area (Å²) < 4.78 is 5.09. The van der Waals surface area contributed by atoms with E-state index in [1.165, 1.54) is 6.21 Å². The Morgan fingerprint density at radius 2 is 1.79 bits per heavy atom. The van der Waals surface area contributed by atoms with E-state index in [0.717, 1.165) is 12.0 Å². The van der Waals surface area contributed by atoms with Crippen molar-refractivity contribution in [3.05, 3.63) is 64.7 Å². The Labute approximate surface area is 169 Å². The number of amides is 2. The predicted octanol–water partition coefficient (Wildman–Crippen LogP) is 3.64. The lowest BCUT2D eigenvalue weighted by Gasteiger charge is -2.22. The summed E-state index contributed by atoms with van der Waals surface area (Å²) >= 11 is 5.84. The summed E-state index contributed by atoms with van der Waals surface area (Å²) in [5.74, 6) is -0.108. The van der Waals surface area contributed by atoms with Crippen LogP contribution in [0.4, 0.5) is 0 Å². The highest BCUT2D eigenvalue weighted by molar-refractivity contribution is 6.30. The van der Waals surface area contributed by atoms with Crippen LogP contribution in [0.2, 0.25) is 5.02 Å². The van der Waals surface area contributed by atoms with Crippen LogP contribution in [0.25, 0.3) is 0 Å². The molecule has 28 heavy (non-hydrogen) atoms. The molecule has 2 aromatic carbocycles. The Balaban J connectivity index is 2.03. The van der Waals surface area contributed by atoms with Gasteiger partial charge in [-0.25, -0.2) is 5.43 Å². The third-order valence-corrected chi connectivity index (χ3v) is 4.64. The smallest absolute Gasteiger partial charge is 0.262 e. The monoisotopic (exact) mass is 401 g/mol. The van der Waals surface area contributed by atoms with Crippen molar-refractivity contribution in [1.29, 1.82) is 0 Å². The highest BCUT2D eigenvalue weighted by Gasteiger charge is 2.26. The maximum absolute atomic E-state index is 12.6. The number of halogens is 1. The normalized spacial score (nSPS) is 13.0. The van der Waals surface area contributed by atoms with Gasteiger partial charge in [0, 0.05) is 10.6 Å². The van der Waals surface area contributed by atoms with Crippen LogP contribution in [0.5, 0.6) is 5.75 Å². The molecule has 0 spiro atoms. The summed E-state index contributed by atoms with van der Waals surface area (Å²) in [7, 11) is 1.56. The molecule has 2 N–H and O–H groups in total. The molecule has 0 aliphatic rings. The number of hydrazone groups is 1. The second-order valence-corrected chi connectivity index (χ2v) is 6.79. The number of hydrogen-bond donors (Lipinski definition) is 2. The fourth-order valence-electron chi connectivity index (χ4n) is 2.46. The molecular formula is C21H24ClN3O3. The molecule has 0 aromatic heterocycles. The van der Waals surface area contributed by atoms with Gasteiger partial charge in [0.25, 0.3) is 11.8 Å². The molecule has 0 fully saturated rings. The molecule has 148 valence electrons. The van der Waals surface area contributed by atoms with E-state index in [0.29, 0.717) is 16.3 Å². The minimum absolute atomic E-state index is 0.0621. The van der Waals surface area contributed by atoms with Crippen LogP contribution in [0, 0.1) is 5.92 Å². The number of carbonyl (C=O) groups excluding carboxylic acids is 2. The van der Waals surface area contributed by atoms with Crippen molar-refractivity contribution < 1.29 is 14.3 Å². The van der Waals surface area contributed by atoms with E-state index in [2.05, 4.69) is 15.8 Å². The minimum Gasteiger partial charge on any atom is -0.497 e. The van der Waals surface area contributed by atoms with E-state index >= 15 is 0 Å². The van der Waals surface area contributed by atoms with Gasteiger partial charge in [0.15, 0.2) is 0 Å². The molecule has 1 unspecified atom stereocenters. The van der Waals surface area contributed by atoms with Crippen molar-refractivity contribution in [2.45, 2.75) is 26.3 Å². The molecule has 7 heteroatoms. The van der Waals surface area contributed by atoms with Crippen molar-refractivity contribution >= 4 is 29.6 Å². The van der Waals surface area contributed by atoms with Crippen LogP contribution in [0.1, 0.15) is 36.2 Å². The van der Waals surface area contributed by atoms with Crippen molar-refractivity contribution in [2.24, 2.45) is 11.0 Å². The van der Waals surface area contributed by atoms with Crippen LogP contribution in [-0.4, -0.2) is 31.2 Å². The molecule has 2 atom stereocenters. The van der Waals surface area contributed by atoms with Gasteiger partial charge in [-0.3, -0.25) is 9.59 Å². The van der Waals surface area contributed by atoms with Gasteiger partial charge in [-0.05, 0) is 47.9 Å². The number of hydrogen-bond acceptors (Lipinski definition) is 4. The number of ether oxygens (including phenoxy) is 1. The first-order valence-electron chi connectivity index (χ1n) is 8.98. The third-order valence-electron chi connectivity index (χ3n) is 4.39. The molecular weight excluding hydrogens is 378 g/mol. The molecule has 0 radical (unpaired) electrons. The zero-order valence-electron chi connectivity index (χ0n) is 16.1. The van der Waals surface area contributed by atoms with E-state index < -0.39 is 6.04 Å². The molecule has 0 aliphatic heterocycles. The summed E-state index contributed by atoms with van der Waals surface area (Å²) in [6.45, 7) is 3.86. The number of methoxy groups -OCH3 is 1. The Hall–Kier alpha value is -2.86. The molecule has 2 aromatic rings. The Bertz CT molecular complexity index is 820. The molecule has 0 aliphatic carbocycles. The molecule has 0 bridgehead atoms. The van der Waals surface area contributed by atoms with Crippen LogP contribution in [0.3, 0.4) is 0 Å². The van der Waals surface area contributed by atoms with Gasteiger partial charge in [0.2, 0.25) is 0 Å². The topological polar surface area (TPSA) is 79.8 Å². The van der Waals surface area contributed by atoms with Crippen LogP contribution in [-0.2, 0) is 4.79 Å². The highest BCUT2D eigenvalue weighted by atomic mass is 35.5. The molecule has 0 saturated carbocycles. The van der Waals surface area contributed by atoms with Gasteiger partial charge in [-0.15, -0.1) is 0 Å². The van der Waals surface area contributed by atoms with Crippen molar-refractivity contribution in [3.63, 3.8) is 0 Å². The Kier molecular flexibility index (Phi) is 8.02. The largest absolute Gasteiger partial charge is 0.497 e. The van der Waals surface area contributed by atoms with E-state index in [9.17, 15) is 9.59 Å². The first kappa shape index (κ1) is 21.4. The second kappa shape index (κ2) is 10.5. The number of benzene rings is 2. The van der Waals surface area contributed by atoms with Gasteiger partial charge in [0.1, 0.15) is 11.8 Å². The highest BCUT2D eigenvalue weighted by Crippen LogP contribution is 2.13. The standard InChI is InChI=1S/C21H24ClN3O3/c1-4-14(2)19(24-20(26)16-7-11-18(28-3)12-8-16)21(27)25-23-13-15-5-9-17(22)10-6-15/h5-14,19H,4H2,1-3H3,(H,24,26)(H,25,27)/b23-13+/t14?,19-/m0/s1. The summed E-state index contributed by atoms with van der Waals surface area (Å²) in [4.78, 5) is 25.1. The van der Waals surface area contributed by atoms with Gasteiger partial charge in [-0.1, -0.05) is 44.0 Å². The maximum Gasteiger partial charge on any atom is 0.262 e. The first-order valence-corrected chi connectivity index (χ1v) is 9.35. The van der Waals surface area contributed by atoms with Crippen LogP contribution in [0.15, 0.2) is 53.6 Å². The number of nitrogens with zero attached hydrogens (tertiary/aromatic N) is 1. The zero-order chi connectivity index (χ0) is 20.5. The number of nitrogens with one attached hydrogen (secondary N) is 2.